The van der Waals surface area contributed by atoms with Gasteiger partial charge in [-0.3, -0.25) is 4.68 Å². The van der Waals surface area contributed by atoms with Gasteiger partial charge in [-0.1, -0.05) is 54.6 Å². The molecule has 0 aliphatic heterocycles. The highest BCUT2D eigenvalue weighted by Crippen LogP contribution is 2.35. The summed E-state index contributed by atoms with van der Waals surface area (Å²) >= 11 is 0. The zero-order valence-corrected chi connectivity index (χ0v) is 22.0. The minimum absolute atomic E-state index is 0.278. The summed E-state index contributed by atoms with van der Waals surface area (Å²) in [6.07, 6.45) is 8.61. The lowest BCUT2D eigenvalue weighted by Gasteiger charge is -2.11. The summed E-state index contributed by atoms with van der Waals surface area (Å²) in [5.41, 5.74) is 6.91. The molecule has 196 valence electrons. The smallest absolute Gasteiger partial charge is 0.337 e. The highest BCUT2D eigenvalue weighted by Gasteiger charge is 2.23. The van der Waals surface area contributed by atoms with E-state index in [4.69, 9.17) is 4.98 Å². The molecule has 0 atom stereocenters. The number of aromatic carboxylic acids is 1. The molecule has 0 amide bonds. The van der Waals surface area contributed by atoms with Gasteiger partial charge >= 0.3 is 5.97 Å². The van der Waals surface area contributed by atoms with Crippen molar-refractivity contribution in [2.75, 3.05) is 0 Å². The van der Waals surface area contributed by atoms with E-state index in [0.717, 1.165) is 29.8 Å². The first-order valence-corrected chi connectivity index (χ1v) is 13.3. The van der Waals surface area contributed by atoms with Crippen molar-refractivity contribution in [3.8, 4) is 11.3 Å². The Morgan fingerprint density at radius 3 is 2.62 bits per heavy atom. The second-order valence-corrected chi connectivity index (χ2v) is 10.1. The minimum Gasteiger partial charge on any atom is -0.478 e. The van der Waals surface area contributed by atoms with Gasteiger partial charge in [0.15, 0.2) is 0 Å². The number of hydrogen-bond donors (Lipinski definition) is 1. The van der Waals surface area contributed by atoms with Crippen LogP contribution in [0.15, 0.2) is 104 Å². The van der Waals surface area contributed by atoms with Gasteiger partial charge in [-0.25, -0.2) is 9.78 Å². The van der Waals surface area contributed by atoms with Gasteiger partial charge in [0, 0.05) is 54.2 Å². The second kappa shape index (κ2) is 9.54. The number of fused-ring (bicyclic) bond motifs is 3. The van der Waals surface area contributed by atoms with Crippen LogP contribution in [0.1, 0.15) is 27.2 Å². The molecule has 1 N–H and O–H groups in total. The maximum Gasteiger partial charge on any atom is 0.337 e. The van der Waals surface area contributed by atoms with Crippen LogP contribution in [-0.4, -0.2) is 34.8 Å². The van der Waals surface area contributed by atoms with Crippen molar-refractivity contribution >= 4 is 33.3 Å². The minimum atomic E-state index is -0.958. The predicted molar refractivity (Wildman–Crippen MR) is 157 cm³/mol. The van der Waals surface area contributed by atoms with Crippen molar-refractivity contribution in [2.24, 2.45) is 0 Å². The number of benzene rings is 3. The molecular formula is C33H27N5O2. The van der Waals surface area contributed by atoms with Crippen LogP contribution in [0.4, 0.5) is 0 Å². The molecule has 7 rings (SSSR count). The summed E-state index contributed by atoms with van der Waals surface area (Å²) in [5, 5.41) is 17.5. The van der Waals surface area contributed by atoms with Gasteiger partial charge in [0.1, 0.15) is 5.65 Å². The second-order valence-electron chi connectivity index (χ2n) is 10.1. The van der Waals surface area contributed by atoms with Crippen LogP contribution in [0.3, 0.4) is 0 Å². The molecule has 0 saturated heterocycles. The van der Waals surface area contributed by atoms with Crippen molar-refractivity contribution in [3.63, 3.8) is 0 Å². The molecule has 0 radical (unpaired) electrons. The van der Waals surface area contributed by atoms with Gasteiger partial charge in [0.2, 0.25) is 0 Å². The van der Waals surface area contributed by atoms with Gasteiger partial charge < -0.3 is 14.1 Å². The van der Waals surface area contributed by atoms with Crippen LogP contribution in [0.5, 0.6) is 0 Å². The number of imidazole rings is 1. The average Bonchev–Trinajstić information content (AvgIpc) is 3.70. The highest BCUT2D eigenvalue weighted by molar-refractivity contribution is 6.09. The molecule has 4 heterocycles. The number of aryl methyl sites for hydroxylation is 3. The largest absolute Gasteiger partial charge is 0.478 e. The van der Waals surface area contributed by atoms with Gasteiger partial charge in [0.05, 0.1) is 23.5 Å². The first-order chi connectivity index (χ1) is 19.6. The number of aromatic nitrogens is 5. The number of carboxylic acids is 1. The predicted octanol–water partition coefficient (Wildman–Crippen LogP) is 6.60. The average molecular weight is 526 g/mol. The molecule has 0 aliphatic rings. The summed E-state index contributed by atoms with van der Waals surface area (Å²) in [5.74, 6) is -0.958. The van der Waals surface area contributed by atoms with Crippen molar-refractivity contribution in [2.45, 2.75) is 26.4 Å². The number of carboxylic acid groups (broad SMARTS) is 1. The van der Waals surface area contributed by atoms with Gasteiger partial charge in [0.25, 0.3) is 0 Å². The first-order valence-electron chi connectivity index (χ1n) is 13.3. The van der Waals surface area contributed by atoms with Crippen LogP contribution < -0.4 is 0 Å². The summed E-state index contributed by atoms with van der Waals surface area (Å²) in [4.78, 5) is 17.6. The lowest BCUT2D eigenvalue weighted by molar-refractivity contribution is 0.0700. The third-order valence-corrected chi connectivity index (χ3v) is 7.71. The summed E-state index contributed by atoms with van der Waals surface area (Å²) in [7, 11) is 0. The number of rotatable bonds is 7. The Morgan fingerprint density at radius 2 is 1.77 bits per heavy atom. The van der Waals surface area contributed by atoms with Gasteiger partial charge in [-0.2, -0.15) is 5.10 Å². The molecule has 40 heavy (non-hydrogen) atoms. The Morgan fingerprint density at radius 1 is 0.900 bits per heavy atom. The van der Waals surface area contributed by atoms with Crippen LogP contribution in [-0.2, 0) is 19.5 Å². The monoisotopic (exact) mass is 525 g/mol. The van der Waals surface area contributed by atoms with E-state index in [2.05, 4.69) is 45.4 Å². The summed E-state index contributed by atoms with van der Waals surface area (Å²) < 4.78 is 6.32. The zero-order valence-electron chi connectivity index (χ0n) is 22.0. The van der Waals surface area contributed by atoms with E-state index < -0.39 is 5.97 Å². The fourth-order valence-electron chi connectivity index (χ4n) is 5.90. The molecule has 7 nitrogen and oxygen atoms in total. The van der Waals surface area contributed by atoms with Crippen molar-refractivity contribution < 1.29 is 9.90 Å². The third kappa shape index (κ3) is 3.94. The maximum atomic E-state index is 12.6. The number of carbonyl (C=O) groups is 1. The Hall–Kier alpha value is -5.17. The quantitative estimate of drug-likeness (QED) is 0.254. The molecule has 7 aromatic rings. The van der Waals surface area contributed by atoms with E-state index in [1.807, 2.05) is 77.7 Å². The molecule has 4 aromatic heterocycles. The summed E-state index contributed by atoms with van der Waals surface area (Å²) in [6, 6.07) is 25.7. The Bertz CT molecular complexity index is 2030. The number of pyridine rings is 1. The maximum absolute atomic E-state index is 12.6. The molecule has 7 heteroatoms. The Kier molecular flexibility index (Phi) is 5.70. The Balaban J connectivity index is 1.41. The lowest BCUT2D eigenvalue weighted by atomic mass is 9.94. The van der Waals surface area contributed by atoms with Crippen molar-refractivity contribution in [1.82, 2.24) is 23.7 Å². The molecular weight excluding hydrogens is 498 g/mol. The lowest BCUT2D eigenvalue weighted by Crippen LogP contribution is -2.06. The molecule has 3 aromatic carbocycles. The van der Waals surface area contributed by atoms with E-state index >= 15 is 0 Å². The van der Waals surface area contributed by atoms with Crippen LogP contribution in [0.25, 0.3) is 38.6 Å². The van der Waals surface area contributed by atoms with E-state index in [1.165, 1.54) is 22.0 Å². The van der Waals surface area contributed by atoms with Crippen LogP contribution in [0, 0.1) is 6.92 Å². The van der Waals surface area contributed by atoms with Crippen LogP contribution in [0.2, 0.25) is 0 Å². The van der Waals surface area contributed by atoms with Gasteiger partial charge in [-0.15, -0.1) is 0 Å². The third-order valence-electron chi connectivity index (χ3n) is 7.71. The van der Waals surface area contributed by atoms with E-state index in [9.17, 15) is 9.90 Å². The standard InChI is InChI=1S/C33H27N5O2/c1-22-8-6-11-27-30(22)24(21-36(27)18-19-37-16-7-15-34-37)20-28-32(35-29-12-4-5-17-38(28)29)26-14-13-23-9-2-3-10-25(23)31(26)33(39)40/h2-17,21H,18-20H2,1H3,(H,39,40). The number of hydrogen-bond acceptors (Lipinski definition) is 3. The summed E-state index contributed by atoms with van der Waals surface area (Å²) in [6.45, 7) is 3.70. The topological polar surface area (TPSA) is 77.3 Å². The zero-order chi connectivity index (χ0) is 27.2. The molecule has 0 bridgehead atoms. The first kappa shape index (κ1) is 23.9. The normalized spacial score (nSPS) is 11.6. The highest BCUT2D eigenvalue weighted by atomic mass is 16.4. The van der Waals surface area contributed by atoms with Crippen molar-refractivity contribution in [1.29, 1.82) is 0 Å². The van der Waals surface area contributed by atoms with E-state index in [1.54, 1.807) is 6.20 Å². The molecule has 0 unspecified atom stereocenters. The molecule has 0 fully saturated rings. The fourth-order valence-corrected chi connectivity index (χ4v) is 5.90. The van der Waals surface area contributed by atoms with Crippen LogP contribution >= 0.6 is 0 Å². The van der Waals surface area contributed by atoms with Gasteiger partial charge in [-0.05, 0) is 53.1 Å². The Labute approximate surface area is 230 Å². The number of nitrogens with zero attached hydrogens (tertiary/aromatic N) is 5. The molecule has 0 spiro atoms. The van der Waals surface area contributed by atoms with Crippen molar-refractivity contribution in [3.05, 3.63) is 126 Å². The molecule has 0 aliphatic carbocycles. The van der Waals surface area contributed by atoms with E-state index in [0.29, 0.717) is 23.1 Å². The molecule has 0 saturated carbocycles. The fraction of sp³-hybridized carbons (Fsp3) is 0.121. The SMILES string of the molecule is Cc1cccc2c1c(Cc1c(-c3ccc4ccccc4c3C(=O)O)nc3ccccn13)cn2CCn1cccn1. The van der Waals surface area contributed by atoms with E-state index in [-0.39, 0.29) is 5.56 Å².